The molecule has 21 heavy (non-hydrogen) atoms. The van der Waals surface area contributed by atoms with Crippen molar-refractivity contribution in [1.82, 2.24) is 4.98 Å². The number of carboxylic acid groups (broad SMARTS) is 1. The molecule has 0 aliphatic heterocycles. The number of pyridine rings is 1. The molecule has 4 nitrogen and oxygen atoms in total. The van der Waals surface area contributed by atoms with E-state index in [4.69, 9.17) is 5.11 Å². The van der Waals surface area contributed by atoms with E-state index in [0.717, 1.165) is 18.3 Å². The predicted octanol–water partition coefficient (Wildman–Crippen LogP) is 3.85. The fourth-order valence-corrected chi connectivity index (χ4v) is 1.76. The Morgan fingerprint density at radius 1 is 1.29 bits per heavy atom. The number of carboxylic acids is 1. The Kier molecular flexibility index (Phi) is 3.84. The normalized spacial score (nSPS) is 11.2. The number of hydrogen-bond donors (Lipinski definition) is 2. The summed E-state index contributed by atoms with van der Waals surface area (Å²) in [6.45, 7) is 1.66. The highest BCUT2D eigenvalue weighted by atomic mass is 19.4. The van der Waals surface area contributed by atoms with Gasteiger partial charge in [0.2, 0.25) is 0 Å². The van der Waals surface area contributed by atoms with Crippen LogP contribution in [0.3, 0.4) is 0 Å². The Bertz CT molecular complexity index is 684. The quantitative estimate of drug-likeness (QED) is 0.903. The van der Waals surface area contributed by atoms with Crippen molar-refractivity contribution in [3.05, 3.63) is 53.3 Å². The standard InChI is InChI=1S/C14H11F3N2O2/c1-8-5-12(11(7-18-8)13(20)21)19-10-4-2-3-9(6-10)14(15,16)17/h2-7H,1H3,(H,18,19)(H,20,21). The van der Waals surface area contributed by atoms with Crippen molar-refractivity contribution >= 4 is 17.3 Å². The highest BCUT2D eigenvalue weighted by Gasteiger charge is 2.30. The average Bonchev–Trinajstić information content (AvgIpc) is 2.37. The van der Waals surface area contributed by atoms with Crippen LogP contribution in [0.25, 0.3) is 0 Å². The molecule has 0 unspecified atom stereocenters. The van der Waals surface area contributed by atoms with Crippen molar-refractivity contribution in [2.24, 2.45) is 0 Å². The first kappa shape index (κ1) is 14.8. The van der Waals surface area contributed by atoms with Crippen LogP contribution in [0.5, 0.6) is 0 Å². The number of rotatable bonds is 3. The number of carbonyl (C=O) groups is 1. The molecule has 2 N–H and O–H groups in total. The van der Waals surface area contributed by atoms with Gasteiger partial charge >= 0.3 is 12.1 Å². The highest BCUT2D eigenvalue weighted by molar-refractivity contribution is 5.94. The molecule has 0 spiro atoms. The van der Waals surface area contributed by atoms with Gasteiger partial charge in [-0.1, -0.05) is 6.07 Å². The zero-order valence-corrected chi connectivity index (χ0v) is 10.9. The second-order valence-corrected chi connectivity index (χ2v) is 4.38. The Labute approximate surface area is 118 Å². The smallest absolute Gasteiger partial charge is 0.416 e. The van der Waals surface area contributed by atoms with Crippen molar-refractivity contribution in [2.45, 2.75) is 13.1 Å². The number of halogens is 3. The lowest BCUT2D eigenvalue weighted by Crippen LogP contribution is -2.07. The number of aromatic nitrogens is 1. The van der Waals surface area contributed by atoms with E-state index in [9.17, 15) is 18.0 Å². The molecule has 0 bridgehead atoms. The van der Waals surface area contributed by atoms with E-state index in [1.807, 2.05) is 0 Å². The Morgan fingerprint density at radius 2 is 2.00 bits per heavy atom. The first-order valence-electron chi connectivity index (χ1n) is 5.91. The van der Waals surface area contributed by atoms with Crippen molar-refractivity contribution < 1.29 is 23.1 Å². The average molecular weight is 296 g/mol. The highest BCUT2D eigenvalue weighted by Crippen LogP contribution is 2.31. The molecule has 0 saturated heterocycles. The zero-order valence-electron chi connectivity index (χ0n) is 10.9. The molecule has 0 atom stereocenters. The lowest BCUT2D eigenvalue weighted by molar-refractivity contribution is -0.137. The first-order chi connectivity index (χ1) is 9.77. The number of hydrogen-bond acceptors (Lipinski definition) is 3. The van der Waals surface area contributed by atoms with Gasteiger partial charge in [-0.25, -0.2) is 4.79 Å². The van der Waals surface area contributed by atoms with Gasteiger partial charge in [0.1, 0.15) is 5.56 Å². The van der Waals surface area contributed by atoms with Crippen LogP contribution < -0.4 is 5.32 Å². The number of aromatic carboxylic acids is 1. The monoisotopic (exact) mass is 296 g/mol. The molecule has 2 aromatic rings. The van der Waals surface area contributed by atoms with Gasteiger partial charge in [-0.2, -0.15) is 13.2 Å². The van der Waals surface area contributed by atoms with Gasteiger partial charge in [-0.3, -0.25) is 4.98 Å². The fraction of sp³-hybridized carbons (Fsp3) is 0.143. The van der Waals surface area contributed by atoms with E-state index in [2.05, 4.69) is 10.3 Å². The molecule has 1 heterocycles. The minimum atomic E-state index is -4.46. The Morgan fingerprint density at radius 3 is 2.62 bits per heavy atom. The molecular weight excluding hydrogens is 285 g/mol. The molecule has 0 saturated carbocycles. The maximum absolute atomic E-state index is 12.6. The summed E-state index contributed by atoms with van der Waals surface area (Å²) in [5.41, 5.74) is -0.0325. The second-order valence-electron chi connectivity index (χ2n) is 4.38. The van der Waals surface area contributed by atoms with Gasteiger partial charge < -0.3 is 10.4 Å². The minimum absolute atomic E-state index is 0.113. The molecule has 110 valence electrons. The largest absolute Gasteiger partial charge is 0.478 e. The molecule has 0 amide bonds. The summed E-state index contributed by atoms with van der Waals surface area (Å²) < 4.78 is 37.9. The third-order valence-electron chi connectivity index (χ3n) is 2.74. The molecule has 0 fully saturated rings. The zero-order chi connectivity index (χ0) is 15.6. The summed E-state index contributed by atoms with van der Waals surface area (Å²) in [4.78, 5) is 14.9. The van der Waals surface area contributed by atoms with Crippen LogP contribution in [0.1, 0.15) is 21.6 Å². The van der Waals surface area contributed by atoms with E-state index in [1.165, 1.54) is 18.2 Å². The van der Waals surface area contributed by atoms with Crippen LogP contribution in [0.2, 0.25) is 0 Å². The number of aryl methyl sites for hydroxylation is 1. The SMILES string of the molecule is Cc1cc(Nc2cccc(C(F)(F)F)c2)c(C(=O)O)cn1. The van der Waals surface area contributed by atoms with Crippen LogP contribution in [-0.2, 0) is 6.18 Å². The summed E-state index contributed by atoms with van der Waals surface area (Å²) in [6.07, 6.45) is -3.30. The van der Waals surface area contributed by atoms with Crippen LogP contribution in [0.4, 0.5) is 24.5 Å². The van der Waals surface area contributed by atoms with Gasteiger partial charge in [-0.05, 0) is 31.2 Å². The molecule has 7 heteroatoms. The maximum Gasteiger partial charge on any atom is 0.416 e. The number of nitrogens with one attached hydrogen (secondary N) is 1. The molecule has 1 aromatic heterocycles. The van der Waals surface area contributed by atoms with E-state index < -0.39 is 17.7 Å². The van der Waals surface area contributed by atoms with Crippen molar-refractivity contribution in [3.63, 3.8) is 0 Å². The number of nitrogens with zero attached hydrogens (tertiary/aromatic N) is 1. The van der Waals surface area contributed by atoms with Gasteiger partial charge in [0.05, 0.1) is 11.3 Å². The van der Waals surface area contributed by atoms with Gasteiger partial charge in [-0.15, -0.1) is 0 Å². The third kappa shape index (κ3) is 3.50. The summed E-state index contributed by atoms with van der Waals surface area (Å²) >= 11 is 0. The van der Waals surface area contributed by atoms with Crippen LogP contribution in [0, 0.1) is 6.92 Å². The number of alkyl halides is 3. The van der Waals surface area contributed by atoms with Crippen LogP contribution in [-0.4, -0.2) is 16.1 Å². The topological polar surface area (TPSA) is 62.2 Å². The molecule has 1 aromatic carbocycles. The van der Waals surface area contributed by atoms with E-state index in [-0.39, 0.29) is 16.9 Å². The van der Waals surface area contributed by atoms with E-state index in [0.29, 0.717) is 5.69 Å². The summed E-state index contributed by atoms with van der Waals surface area (Å²) in [5.74, 6) is -1.21. The Balaban J connectivity index is 2.39. The lowest BCUT2D eigenvalue weighted by Gasteiger charge is -2.12. The van der Waals surface area contributed by atoms with Gasteiger partial charge in [0.25, 0.3) is 0 Å². The van der Waals surface area contributed by atoms with Crippen molar-refractivity contribution in [3.8, 4) is 0 Å². The first-order valence-corrected chi connectivity index (χ1v) is 5.91. The van der Waals surface area contributed by atoms with Gasteiger partial charge in [0, 0.05) is 17.6 Å². The van der Waals surface area contributed by atoms with Gasteiger partial charge in [0.15, 0.2) is 0 Å². The molecular formula is C14H11F3N2O2. The molecule has 0 aliphatic rings. The Hall–Kier alpha value is -2.57. The number of benzene rings is 1. The van der Waals surface area contributed by atoms with Crippen LogP contribution in [0.15, 0.2) is 36.5 Å². The second kappa shape index (κ2) is 5.43. The minimum Gasteiger partial charge on any atom is -0.478 e. The van der Waals surface area contributed by atoms with Crippen molar-refractivity contribution in [1.29, 1.82) is 0 Å². The van der Waals surface area contributed by atoms with Crippen molar-refractivity contribution in [2.75, 3.05) is 5.32 Å². The van der Waals surface area contributed by atoms with Crippen LogP contribution >= 0.6 is 0 Å². The lowest BCUT2D eigenvalue weighted by atomic mass is 10.1. The van der Waals surface area contributed by atoms with E-state index >= 15 is 0 Å². The summed E-state index contributed by atoms with van der Waals surface area (Å²) in [5, 5.41) is 11.7. The molecule has 2 rings (SSSR count). The predicted molar refractivity (Wildman–Crippen MR) is 70.7 cm³/mol. The maximum atomic E-state index is 12.6. The molecule has 0 radical (unpaired) electrons. The number of anilines is 2. The summed E-state index contributed by atoms with van der Waals surface area (Å²) in [6, 6.07) is 6.00. The van der Waals surface area contributed by atoms with E-state index in [1.54, 1.807) is 6.92 Å². The third-order valence-corrected chi connectivity index (χ3v) is 2.74. The summed E-state index contributed by atoms with van der Waals surface area (Å²) in [7, 11) is 0. The fourth-order valence-electron chi connectivity index (χ4n) is 1.76. The molecule has 0 aliphatic carbocycles.